The highest BCUT2D eigenvalue weighted by atomic mass is 19.1. The van der Waals surface area contributed by atoms with E-state index in [1.807, 2.05) is 44.9 Å². The molecular weight excluding hydrogens is 348 g/mol. The second kappa shape index (κ2) is 7.70. The molecule has 0 N–H and O–H groups in total. The van der Waals surface area contributed by atoms with Crippen LogP contribution < -0.4 is 0 Å². The predicted octanol–water partition coefficient (Wildman–Crippen LogP) is 5.52. The maximum absolute atomic E-state index is 14.0. The van der Waals surface area contributed by atoms with E-state index in [1.165, 1.54) is 18.2 Å². The van der Waals surface area contributed by atoms with Gasteiger partial charge in [-0.1, -0.05) is 11.2 Å². The molecular formula is C21H21F2N3O. The van der Waals surface area contributed by atoms with Crippen LogP contribution in [0.25, 0.3) is 22.6 Å². The first-order valence-corrected chi connectivity index (χ1v) is 8.67. The molecule has 27 heavy (non-hydrogen) atoms. The van der Waals surface area contributed by atoms with Crippen LogP contribution in [0, 0.1) is 25.5 Å². The Hall–Kier alpha value is -3.02. The Bertz CT molecular complexity index is 975. The number of aromatic nitrogens is 1. The van der Waals surface area contributed by atoms with E-state index in [4.69, 9.17) is 4.52 Å². The van der Waals surface area contributed by atoms with E-state index in [2.05, 4.69) is 10.1 Å². The van der Waals surface area contributed by atoms with Crippen molar-refractivity contribution in [2.24, 2.45) is 4.99 Å². The van der Waals surface area contributed by atoms with Gasteiger partial charge in [0.05, 0.1) is 17.6 Å². The van der Waals surface area contributed by atoms with Crippen LogP contribution in [-0.2, 0) is 0 Å². The summed E-state index contributed by atoms with van der Waals surface area (Å²) in [5.41, 5.74) is 3.51. The molecule has 0 unspecified atom stereocenters. The first-order chi connectivity index (χ1) is 12.9. The third kappa shape index (κ3) is 3.89. The van der Waals surface area contributed by atoms with Crippen molar-refractivity contribution in [3.8, 4) is 22.6 Å². The summed E-state index contributed by atoms with van der Waals surface area (Å²) in [6.07, 6.45) is 1.79. The highest BCUT2D eigenvalue weighted by Gasteiger charge is 2.17. The molecule has 0 bridgehead atoms. The maximum Gasteiger partial charge on any atom is 0.167 e. The van der Waals surface area contributed by atoms with Gasteiger partial charge in [-0.05, 0) is 56.2 Å². The number of halogens is 2. The van der Waals surface area contributed by atoms with Crippen LogP contribution in [0.2, 0.25) is 0 Å². The van der Waals surface area contributed by atoms with E-state index in [-0.39, 0.29) is 11.3 Å². The fraction of sp³-hybridized carbons (Fsp3) is 0.238. The zero-order valence-corrected chi connectivity index (χ0v) is 15.8. The average molecular weight is 369 g/mol. The fourth-order valence-corrected chi connectivity index (χ4v) is 2.71. The molecule has 3 rings (SSSR count). The van der Waals surface area contributed by atoms with Gasteiger partial charge in [0.2, 0.25) is 0 Å². The molecule has 0 saturated heterocycles. The second-order valence-electron chi connectivity index (χ2n) is 6.44. The fourth-order valence-electron chi connectivity index (χ4n) is 2.71. The highest BCUT2D eigenvalue weighted by Crippen LogP contribution is 2.33. The monoisotopic (exact) mass is 369 g/mol. The molecule has 0 radical (unpaired) electrons. The van der Waals surface area contributed by atoms with E-state index in [0.29, 0.717) is 5.76 Å². The minimum absolute atomic E-state index is 0.129. The molecule has 0 aliphatic carbocycles. The van der Waals surface area contributed by atoms with Crippen molar-refractivity contribution < 1.29 is 13.3 Å². The number of benzene rings is 2. The SMILES string of the molecule is CCN(C)C=Nc1cc(C)c(-c2cc(-c3c(F)cccc3F)no2)cc1C. The van der Waals surface area contributed by atoms with Crippen molar-refractivity contribution in [3.05, 3.63) is 59.2 Å². The lowest BCUT2D eigenvalue weighted by Crippen LogP contribution is -2.14. The van der Waals surface area contributed by atoms with Gasteiger partial charge < -0.3 is 9.42 Å². The van der Waals surface area contributed by atoms with E-state index in [1.54, 1.807) is 12.4 Å². The standard InChI is InChI=1S/C21H21F2N3O/c1-5-26(4)12-24-18-10-13(2)15(9-14(18)3)20-11-19(25-27-20)21-16(22)7-6-8-17(21)23/h6-12H,5H2,1-4H3. The second-order valence-corrected chi connectivity index (χ2v) is 6.44. The molecule has 0 fully saturated rings. The van der Waals surface area contributed by atoms with Crippen LogP contribution in [0.4, 0.5) is 14.5 Å². The van der Waals surface area contributed by atoms with Crippen molar-refractivity contribution >= 4 is 12.0 Å². The quantitative estimate of drug-likeness (QED) is 0.439. The van der Waals surface area contributed by atoms with Crippen LogP contribution in [0.3, 0.4) is 0 Å². The van der Waals surface area contributed by atoms with Gasteiger partial charge in [0, 0.05) is 25.2 Å². The van der Waals surface area contributed by atoms with Crippen molar-refractivity contribution in [2.45, 2.75) is 20.8 Å². The lowest BCUT2D eigenvalue weighted by Gasteiger charge is -2.10. The van der Waals surface area contributed by atoms with Gasteiger partial charge in [0.25, 0.3) is 0 Å². The predicted molar refractivity (Wildman–Crippen MR) is 103 cm³/mol. The van der Waals surface area contributed by atoms with Gasteiger partial charge in [0.1, 0.15) is 17.3 Å². The molecule has 6 heteroatoms. The Morgan fingerprint density at radius 3 is 2.48 bits per heavy atom. The summed E-state index contributed by atoms with van der Waals surface area (Å²) in [4.78, 5) is 6.48. The highest BCUT2D eigenvalue weighted by molar-refractivity contribution is 5.73. The zero-order valence-electron chi connectivity index (χ0n) is 15.8. The van der Waals surface area contributed by atoms with Crippen LogP contribution in [0.1, 0.15) is 18.1 Å². The Balaban J connectivity index is 1.98. The van der Waals surface area contributed by atoms with Crippen LogP contribution >= 0.6 is 0 Å². The maximum atomic E-state index is 14.0. The van der Waals surface area contributed by atoms with Gasteiger partial charge in [-0.3, -0.25) is 0 Å². The number of aliphatic imine (C=N–C) groups is 1. The molecule has 1 heterocycles. The van der Waals surface area contributed by atoms with Crippen LogP contribution in [0.15, 0.2) is 45.9 Å². The Kier molecular flexibility index (Phi) is 5.35. The van der Waals surface area contributed by atoms with Crippen molar-refractivity contribution in [1.29, 1.82) is 0 Å². The summed E-state index contributed by atoms with van der Waals surface area (Å²) in [7, 11) is 1.96. The van der Waals surface area contributed by atoms with Crippen molar-refractivity contribution in [3.63, 3.8) is 0 Å². The van der Waals surface area contributed by atoms with Gasteiger partial charge in [-0.2, -0.15) is 0 Å². The topological polar surface area (TPSA) is 41.6 Å². The normalized spacial score (nSPS) is 11.3. The molecule has 3 aromatic rings. The lowest BCUT2D eigenvalue weighted by molar-refractivity contribution is 0.433. The summed E-state index contributed by atoms with van der Waals surface area (Å²) in [6.45, 7) is 6.80. The van der Waals surface area contributed by atoms with Gasteiger partial charge >= 0.3 is 0 Å². The summed E-state index contributed by atoms with van der Waals surface area (Å²) in [5, 5.41) is 3.86. The average Bonchev–Trinajstić information content (AvgIpc) is 3.11. The number of nitrogens with zero attached hydrogens (tertiary/aromatic N) is 3. The zero-order chi connectivity index (χ0) is 19.6. The smallest absolute Gasteiger partial charge is 0.167 e. The first kappa shape index (κ1) is 18.8. The van der Waals surface area contributed by atoms with E-state index in [9.17, 15) is 8.78 Å². The number of hydrogen-bond donors (Lipinski definition) is 0. The molecule has 140 valence electrons. The minimum atomic E-state index is -0.674. The lowest BCUT2D eigenvalue weighted by atomic mass is 10.0. The minimum Gasteiger partial charge on any atom is -0.366 e. The number of hydrogen-bond acceptors (Lipinski definition) is 3. The first-order valence-electron chi connectivity index (χ1n) is 8.67. The molecule has 0 atom stereocenters. The summed E-state index contributed by atoms with van der Waals surface area (Å²) >= 11 is 0. The largest absolute Gasteiger partial charge is 0.366 e. The molecule has 0 saturated carbocycles. The third-order valence-electron chi connectivity index (χ3n) is 4.43. The van der Waals surface area contributed by atoms with Crippen molar-refractivity contribution in [1.82, 2.24) is 10.1 Å². The summed E-state index contributed by atoms with van der Waals surface area (Å²) in [6, 6.07) is 9.16. The third-order valence-corrected chi connectivity index (χ3v) is 4.43. The van der Waals surface area contributed by atoms with E-state index < -0.39 is 11.6 Å². The van der Waals surface area contributed by atoms with Crippen LogP contribution in [0.5, 0.6) is 0 Å². The van der Waals surface area contributed by atoms with Gasteiger partial charge in [-0.15, -0.1) is 0 Å². The Labute approximate surface area is 157 Å². The summed E-state index contributed by atoms with van der Waals surface area (Å²) < 4.78 is 33.3. The molecule has 0 spiro atoms. The molecule has 4 nitrogen and oxygen atoms in total. The Morgan fingerprint density at radius 1 is 1.11 bits per heavy atom. The number of rotatable bonds is 5. The van der Waals surface area contributed by atoms with Gasteiger partial charge in [-0.25, -0.2) is 13.8 Å². The summed E-state index contributed by atoms with van der Waals surface area (Å²) in [5.74, 6) is -0.894. The molecule has 1 aromatic heterocycles. The van der Waals surface area contributed by atoms with E-state index in [0.717, 1.165) is 28.9 Å². The van der Waals surface area contributed by atoms with Crippen LogP contribution in [-0.4, -0.2) is 30.0 Å². The van der Waals surface area contributed by atoms with Gasteiger partial charge in [0.15, 0.2) is 5.76 Å². The van der Waals surface area contributed by atoms with E-state index >= 15 is 0 Å². The number of aryl methyl sites for hydroxylation is 2. The molecule has 0 aliphatic heterocycles. The molecule has 0 amide bonds. The Morgan fingerprint density at radius 2 is 1.81 bits per heavy atom. The molecule has 2 aromatic carbocycles. The van der Waals surface area contributed by atoms with Crippen molar-refractivity contribution in [2.75, 3.05) is 13.6 Å². The molecule has 0 aliphatic rings.